The van der Waals surface area contributed by atoms with Crippen LogP contribution in [0.1, 0.15) is 31.7 Å². The molecule has 136 valence electrons. The largest absolute Gasteiger partial charge is 0.436 e. The highest BCUT2D eigenvalue weighted by Gasteiger charge is 2.30. The van der Waals surface area contributed by atoms with E-state index in [1.165, 1.54) is 5.56 Å². The molecule has 0 saturated heterocycles. The second kappa shape index (κ2) is 7.47. The molecule has 0 fully saturated rings. The Morgan fingerprint density at radius 2 is 1.88 bits per heavy atom. The first kappa shape index (κ1) is 19.0. The van der Waals surface area contributed by atoms with Gasteiger partial charge in [-0.2, -0.15) is 0 Å². The first-order valence-corrected chi connectivity index (χ1v) is 9.30. The number of hydrogen-bond acceptors (Lipinski definition) is 3. The van der Waals surface area contributed by atoms with Crippen LogP contribution in [0.15, 0.2) is 46.9 Å². The monoisotopic (exact) mass is 410 g/mol. The number of carbonyl (C=O) groups is 1. The summed E-state index contributed by atoms with van der Waals surface area (Å²) in [6.45, 7) is 4.35. The van der Waals surface area contributed by atoms with E-state index in [-0.39, 0.29) is 0 Å². The molecule has 4 nitrogen and oxygen atoms in total. The maximum absolute atomic E-state index is 11.7. The SMILES string of the molecule is CCC(C)c1ccc2oc(-c3ccc(NC(=O)C(Cl)(Cl)Cl)cc3)nc2c1. The van der Waals surface area contributed by atoms with E-state index in [0.717, 1.165) is 23.1 Å². The van der Waals surface area contributed by atoms with Gasteiger partial charge in [-0.1, -0.05) is 54.7 Å². The van der Waals surface area contributed by atoms with Crippen LogP contribution in [-0.4, -0.2) is 14.7 Å². The van der Waals surface area contributed by atoms with Crippen molar-refractivity contribution in [1.29, 1.82) is 0 Å². The number of carbonyl (C=O) groups excluding carboxylic acids is 1. The number of hydrogen-bond donors (Lipinski definition) is 1. The Kier molecular flexibility index (Phi) is 5.47. The predicted octanol–water partition coefficient (Wildman–Crippen LogP) is 6.32. The summed E-state index contributed by atoms with van der Waals surface area (Å²) in [4.78, 5) is 16.3. The number of alkyl halides is 3. The highest BCUT2D eigenvalue weighted by Crippen LogP contribution is 2.30. The minimum atomic E-state index is -2.01. The van der Waals surface area contributed by atoms with Gasteiger partial charge in [0.25, 0.3) is 9.70 Å². The zero-order chi connectivity index (χ0) is 18.9. The zero-order valence-corrected chi connectivity index (χ0v) is 16.5. The number of amides is 1. The second-order valence-corrected chi connectivity index (χ2v) is 8.37. The summed E-state index contributed by atoms with van der Waals surface area (Å²) < 4.78 is 3.83. The first-order chi connectivity index (χ1) is 12.3. The number of halogens is 3. The van der Waals surface area contributed by atoms with E-state index < -0.39 is 9.70 Å². The molecule has 7 heteroatoms. The molecule has 0 saturated carbocycles. The number of oxazole rings is 1. The molecule has 3 rings (SSSR count). The summed E-state index contributed by atoms with van der Waals surface area (Å²) in [7, 11) is 0. The van der Waals surface area contributed by atoms with Crippen molar-refractivity contribution >= 4 is 57.5 Å². The van der Waals surface area contributed by atoms with Gasteiger partial charge >= 0.3 is 0 Å². The molecule has 3 aromatic rings. The van der Waals surface area contributed by atoms with Gasteiger partial charge in [-0.3, -0.25) is 4.79 Å². The van der Waals surface area contributed by atoms with Crippen molar-refractivity contribution in [2.24, 2.45) is 0 Å². The Morgan fingerprint density at radius 1 is 1.19 bits per heavy atom. The molecule has 1 aromatic heterocycles. The number of nitrogens with zero attached hydrogens (tertiary/aromatic N) is 1. The normalized spacial score (nSPS) is 13.0. The molecule has 1 unspecified atom stereocenters. The average molecular weight is 412 g/mol. The second-order valence-electron chi connectivity index (χ2n) is 6.08. The van der Waals surface area contributed by atoms with Crippen LogP contribution in [0.5, 0.6) is 0 Å². The van der Waals surface area contributed by atoms with Gasteiger partial charge in [0.15, 0.2) is 5.58 Å². The topological polar surface area (TPSA) is 55.1 Å². The average Bonchev–Trinajstić information content (AvgIpc) is 3.04. The number of benzene rings is 2. The fourth-order valence-electron chi connectivity index (χ4n) is 2.51. The lowest BCUT2D eigenvalue weighted by molar-refractivity contribution is -0.115. The number of anilines is 1. The van der Waals surface area contributed by atoms with E-state index >= 15 is 0 Å². The van der Waals surface area contributed by atoms with Crippen LogP contribution >= 0.6 is 34.8 Å². The summed E-state index contributed by atoms with van der Waals surface area (Å²) in [6, 6.07) is 13.0. The van der Waals surface area contributed by atoms with Crippen molar-refractivity contribution < 1.29 is 9.21 Å². The minimum absolute atomic E-state index is 0.473. The molecular weight excluding hydrogens is 395 g/mol. The summed E-state index contributed by atoms with van der Waals surface area (Å²) in [5.41, 5.74) is 4.11. The van der Waals surface area contributed by atoms with Crippen LogP contribution in [0.2, 0.25) is 0 Å². The third-order valence-electron chi connectivity index (χ3n) is 4.24. The Hall–Kier alpha value is -1.75. The number of rotatable bonds is 4. The molecule has 0 spiro atoms. The smallest absolute Gasteiger partial charge is 0.276 e. The Morgan fingerprint density at radius 3 is 2.50 bits per heavy atom. The van der Waals surface area contributed by atoms with Gasteiger partial charge in [0.05, 0.1) is 0 Å². The van der Waals surface area contributed by atoms with Gasteiger partial charge in [-0.25, -0.2) is 4.98 Å². The van der Waals surface area contributed by atoms with Gasteiger partial charge < -0.3 is 9.73 Å². The van der Waals surface area contributed by atoms with Crippen LogP contribution in [-0.2, 0) is 4.79 Å². The van der Waals surface area contributed by atoms with Gasteiger partial charge in [-0.05, 0) is 54.3 Å². The maximum atomic E-state index is 11.7. The summed E-state index contributed by atoms with van der Waals surface area (Å²) in [6.07, 6.45) is 1.07. The molecule has 1 heterocycles. The third-order valence-corrected chi connectivity index (χ3v) is 4.76. The predicted molar refractivity (Wildman–Crippen MR) is 107 cm³/mol. The highest BCUT2D eigenvalue weighted by molar-refractivity contribution is 6.76. The number of nitrogens with one attached hydrogen (secondary N) is 1. The van der Waals surface area contributed by atoms with Gasteiger partial charge in [0.1, 0.15) is 5.52 Å². The van der Waals surface area contributed by atoms with Crippen molar-refractivity contribution in [1.82, 2.24) is 4.98 Å². The summed E-state index contributed by atoms with van der Waals surface area (Å²) >= 11 is 16.6. The molecule has 1 amide bonds. The first-order valence-electron chi connectivity index (χ1n) is 8.17. The van der Waals surface area contributed by atoms with Crippen LogP contribution in [0.3, 0.4) is 0 Å². The van der Waals surface area contributed by atoms with E-state index in [2.05, 4.69) is 36.3 Å². The lowest BCUT2D eigenvalue weighted by Gasteiger charge is -2.11. The van der Waals surface area contributed by atoms with Crippen molar-refractivity contribution in [3.8, 4) is 11.5 Å². The molecule has 1 atom stereocenters. The fourth-order valence-corrected chi connectivity index (χ4v) is 2.65. The number of fused-ring (bicyclic) bond motifs is 1. The molecule has 0 aliphatic carbocycles. The van der Waals surface area contributed by atoms with Crippen LogP contribution in [0.4, 0.5) is 5.69 Å². The molecule has 0 aliphatic rings. The van der Waals surface area contributed by atoms with E-state index in [1.54, 1.807) is 24.3 Å². The lowest BCUT2D eigenvalue weighted by atomic mass is 9.98. The Balaban J connectivity index is 1.84. The molecule has 26 heavy (non-hydrogen) atoms. The fraction of sp³-hybridized carbons (Fsp3) is 0.263. The van der Waals surface area contributed by atoms with Gasteiger partial charge in [0.2, 0.25) is 5.89 Å². The lowest BCUT2D eigenvalue weighted by Crippen LogP contribution is -2.26. The summed E-state index contributed by atoms with van der Waals surface area (Å²) in [5, 5.41) is 2.53. The molecular formula is C19H17Cl3N2O2. The summed E-state index contributed by atoms with van der Waals surface area (Å²) in [5.74, 6) is 0.274. The Bertz CT molecular complexity index is 930. The van der Waals surface area contributed by atoms with E-state index in [9.17, 15) is 4.79 Å². The van der Waals surface area contributed by atoms with Crippen molar-refractivity contribution in [2.75, 3.05) is 5.32 Å². The van der Waals surface area contributed by atoms with E-state index in [0.29, 0.717) is 17.5 Å². The highest BCUT2D eigenvalue weighted by atomic mass is 35.6. The van der Waals surface area contributed by atoms with Gasteiger partial charge in [-0.15, -0.1) is 0 Å². The van der Waals surface area contributed by atoms with Crippen LogP contribution in [0, 0.1) is 0 Å². The molecule has 0 bridgehead atoms. The molecule has 0 radical (unpaired) electrons. The van der Waals surface area contributed by atoms with E-state index in [4.69, 9.17) is 39.2 Å². The van der Waals surface area contributed by atoms with Crippen molar-refractivity contribution in [3.63, 3.8) is 0 Å². The van der Waals surface area contributed by atoms with Crippen molar-refractivity contribution in [2.45, 2.75) is 30.0 Å². The quantitative estimate of drug-likeness (QED) is 0.511. The molecule has 1 N–H and O–H groups in total. The van der Waals surface area contributed by atoms with Crippen LogP contribution < -0.4 is 5.32 Å². The molecule has 2 aromatic carbocycles. The maximum Gasteiger partial charge on any atom is 0.276 e. The molecule has 0 aliphatic heterocycles. The zero-order valence-electron chi connectivity index (χ0n) is 14.2. The van der Waals surface area contributed by atoms with Crippen LogP contribution in [0.25, 0.3) is 22.6 Å². The standard InChI is InChI=1S/C19H17Cl3N2O2/c1-3-11(2)13-6-9-16-15(10-13)24-17(26-16)12-4-7-14(8-5-12)23-18(25)19(20,21)22/h4-11H,3H2,1-2H3,(H,23,25). The third kappa shape index (κ3) is 4.14. The number of aromatic nitrogens is 1. The Labute approximate surface area is 166 Å². The van der Waals surface area contributed by atoms with Gasteiger partial charge in [0, 0.05) is 11.3 Å². The minimum Gasteiger partial charge on any atom is -0.436 e. The van der Waals surface area contributed by atoms with Crippen molar-refractivity contribution in [3.05, 3.63) is 48.0 Å². The van der Waals surface area contributed by atoms with E-state index in [1.807, 2.05) is 6.07 Å².